The Labute approximate surface area is 198 Å². The van der Waals surface area contributed by atoms with Crippen molar-refractivity contribution in [3.05, 3.63) is 0 Å². The summed E-state index contributed by atoms with van der Waals surface area (Å²) in [4.78, 5) is 35.1. The van der Waals surface area contributed by atoms with Gasteiger partial charge in [0.2, 0.25) is 5.91 Å². The van der Waals surface area contributed by atoms with Crippen molar-refractivity contribution in [2.75, 3.05) is 59.4 Å². The zero-order chi connectivity index (χ0) is 21.4. The Morgan fingerprint density at radius 3 is 2.07 bits per heavy atom. The van der Waals surface area contributed by atoms with E-state index in [0.717, 1.165) is 58.1 Å². The Morgan fingerprint density at radius 1 is 0.967 bits per heavy atom. The van der Waals surface area contributed by atoms with Gasteiger partial charge in [0.15, 0.2) is 5.96 Å². The molecular formula is C20H39IN6O3. The van der Waals surface area contributed by atoms with Gasteiger partial charge < -0.3 is 25.2 Å². The standard InChI is InChI=1S/C20H38N6O3.HI/c1-16(17(27)25-10-6-7-11-25)24-12-14-26(15-13-24)18(21-5)22-8-9-23-19(28)29-20(2,3)4;/h16H,6-15H2,1-5H3,(H,21,22)(H,23,28);1H. The minimum Gasteiger partial charge on any atom is -0.444 e. The lowest BCUT2D eigenvalue weighted by atomic mass is 10.2. The number of amides is 2. The number of alkyl carbamates (subject to hydrolysis) is 1. The van der Waals surface area contributed by atoms with Crippen LogP contribution in [-0.4, -0.2) is 104 Å². The topological polar surface area (TPSA) is 89.5 Å². The third-order valence-electron chi connectivity index (χ3n) is 5.22. The molecule has 2 fully saturated rings. The molecule has 1 unspecified atom stereocenters. The van der Waals surface area contributed by atoms with Crippen molar-refractivity contribution in [2.24, 2.45) is 4.99 Å². The van der Waals surface area contributed by atoms with Gasteiger partial charge in [0.05, 0.1) is 6.04 Å². The second-order valence-electron chi connectivity index (χ2n) is 8.63. The number of hydrogen-bond acceptors (Lipinski definition) is 5. The molecular weight excluding hydrogens is 499 g/mol. The molecule has 0 aromatic heterocycles. The summed E-state index contributed by atoms with van der Waals surface area (Å²) < 4.78 is 5.22. The first-order chi connectivity index (χ1) is 13.7. The Kier molecular flexibility index (Phi) is 11.2. The Bertz CT molecular complexity index is 582. The summed E-state index contributed by atoms with van der Waals surface area (Å²) in [6, 6.07) is -0.0664. The molecule has 2 saturated heterocycles. The van der Waals surface area contributed by atoms with Crippen molar-refractivity contribution < 1.29 is 14.3 Å². The lowest BCUT2D eigenvalue weighted by Crippen LogP contribution is -2.57. The van der Waals surface area contributed by atoms with Crippen LogP contribution in [0.5, 0.6) is 0 Å². The number of nitrogens with one attached hydrogen (secondary N) is 2. The second kappa shape index (κ2) is 12.5. The fourth-order valence-corrected chi connectivity index (χ4v) is 3.66. The van der Waals surface area contributed by atoms with E-state index in [0.29, 0.717) is 13.1 Å². The monoisotopic (exact) mass is 538 g/mol. The van der Waals surface area contributed by atoms with Gasteiger partial charge >= 0.3 is 6.09 Å². The molecule has 2 rings (SSSR count). The number of nitrogens with zero attached hydrogens (tertiary/aromatic N) is 4. The summed E-state index contributed by atoms with van der Waals surface area (Å²) in [7, 11) is 1.76. The van der Waals surface area contributed by atoms with Crippen molar-refractivity contribution in [1.82, 2.24) is 25.3 Å². The number of likely N-dealkylation sites (tertiary alicyclic amines) is 1. The maximum absolute atomic E-state index is 12.6. The summed E-state index contributed by atoms with van der Waals surface area (Å²) in [6.07, 6.45) is 1.83. The van der Waals surface area contributed by atoms with E-state index < -0.39 is 11.7 Å². The fraction of sp³-hybridized carbons (Fsp3) is 0.850. The molecule has 0 aliphatic carbocycles. The van der Waals surface area contributed by atoms with Crippen LogP contribution in [0.3, 0.4) is 0 Å². The number of carbonyl (C=O) groups is 2. The lowest BCUT2D eigenvalue weighted by molar-refractivity contribution is -0.135. The molecule has 0 bridgehead atoms. The average molecular weight is 538 g/mol. The number of halogens is 1. The van der Waals surface area contributed by atoms with Crippen molar-refractivity contribution in [2.45, 2.75) is 52.2 Å². The van der Waals surface area contributed by atoms with E-state index in [-0.39, 0.29) is 35.9 Å². The molecule has 0 spiro atoms. The number of piperazine rings is 1. The van der Waals surface area contributed by atoms with Gasteiger partial charge in [-0.05, 0) is 40.5 Å². The van der Waals surface area contributed by atoms with Crippen molar-refractivity contribution in [1.29, 1.82) is 0 Å². The minimum absolute atomic E-state index is 0. The quantitative estimate of drug-likeness (QED) is 0.238. The summed E-state index contributed by atoms with van der Waals surface area (Å²) >= 11 is 0. The van der Waals surface area contributed by atoms with Crippen molar-refractivity contribution in [3.8, 4) is 0 Å². The van der Waals surface area contributed by atoms with Gasteiger partial charge in [-0.25, -0.2) is 4.79 Å². The normalized spacial score (nSPS) is 19.2. The van der Waals surface area contributed by atoms with Crippen LogP contribution in [0.2, 0.25) is 0 Å². The molecule has 0 saturated carbocycles. The number of hydrogen-bond donors (Lipinski definition) is 2. The highest BCUT2D eigenvalue weighted by Gasteiger charge is 2.30. The van der Waals surface area contributed by atoms with E-state index >= 15 is 0 Å². The molecule has 2 N–H and O–H groups in total. The predicted molar refractivity (Wildman–Crippen MR) is 129 cm³/mol. The van der Waals surface area contributed by atoms with Crippen LogP contribution < -0.4 is 10.6 Å². The van der Waals surface area contributed by atoms with E-state index in [4.69, 9.17) is 4.74 Å². The smallest absolute Gasteiger partial charge is 0.407 e. The van der Waals surface area contributed by atoms with Crippen LogP contribution in [-0.2, 0) is 9.53 Å². The van der Waals surface area contributed by atoms with Gasteiger partial charge in [0.1, 0.15) is 5.60 Å². The van der Waals surface area contributed by atoms with Gasteiger partial charge in [0.25, 0.3) is 0 Å². The van der Waals surface area contributed by atoms with E-state index in [9.17, 15) is 9.59 Å². The number of ether oxygens (including phenoxy) is 1. The van der Waals surface area contributed by atoms with Gasteiger partial charge in [-0.3, -0.25) is 14.7 Å². The molecule has 174 valence electrons. The second-order valence-corrected chi connectivity index (χ2v) is 8.63. The minimum atomic E-state index is -0.499. The van der Waals surface area contributed by atoms with Crippen LogP contribution in [0.25, 0.3) is 0 Å². The van der Waals surface area contributed by atoms with E-state index in [1.54, 1.807) is 7.05 Å². The number of carbonyl (C=O) groups excluding carboxylic acids is 2. The highest BCUT2D eigenvalue weighted by molar-refractivity contribution is 14.0. The van der Waals surface area contributed by atoms with Gasteiger partial charge in [-0.2, -0.15) is 0 Å². The Balaban J connectivity index is 0.00000450. The van der Waals surface area contributed by atoms with Crippen LogP contribution >= 0.6 is 24.0 Å². The molecule has 2 heterocycles. The predicted octanol–water partition coefficient (Wildman–Crippen LogP) is 1.33. The highest BCUT2D eigenvalue weighted by Crippen LogP contribution is 2.14. The summed E-state index contributed by atoms with van der Waals surface area (Å²) in [5.41, 5.74) is -0.499. The molecule has 0 aromatic rings. The molecule has 2 amide bonds. The average Bonchev–Trinajstić information content (AvgIpc) is 3.20. The third kappa shape index (κ3) is 8.44. The van der Waals surface area contributed by atoms with Gasteiger partial charge in [-0.1, -0.05) is 0 Å². The van der Waals surface area contributed by atoms with Gasteiger partial charge in [0, 0.05) is 59.4 Å². The first-order valence-corrected chi connectivity index (χ1v) is 10.7. The molecule has 2 aliphatic rings. The molecule has 1 atom stereocenters. The van der Waals surface area contributed by atoms with Crippen LogP contribution in [0.15, 0.2) is 4.99 Å². The molecule has 2 aliphatic heterocycles. The maximum Gasteiger partial charge on any atom is 0.407 e. The molecule has 30 heavy (non-hydrogen) atoms. The van der Waals surface area contributed by atoms with E-state index in [2.05, 4.69) is 25.4 Å². The Hall–Kier alpha value is -1.30. The van der Waals surface area contributed by atoms with Crippen molar-refractivity contribution in [3.63, 3.8) is 0 Å². The zero-order valence-electron chi connectivity index (χ0n) is 19.1. The summed E-state index contributed by atoms with van der Waals surface area (Å²) in [5.74, 6) is 1.07. The number of guanidine groups is 1. The van der Waals surface area contributed by atoms with Crippen LogP contribution in [0.4, 0.5) is 4.79 Å². The molecule has 0 radical (unpaired) electrons. The van der Waals surface area contributed by atoms with Gasteiger partial charge in [-0.15, -0.1) is 24.0 Å². The number of rotatable bonds is 5. The van der Waals surface area contributed by atoms with Crippen LogP contribution in [0, 0.1) is 0 Å². The van der Waals surface area contributed by atoms with E-state index in [1.165, 1.54) is 0 Å². The largest absolute Gasteiger partial charge is 0.444 e. The first kappa shape index (κ1) is 26.7. The zero-order valence-corrected chi connectivity index (χ0v) is 21.4. The molecule has 9 nitrogen and oxygen atoms in total. The fourth-order valence-electron chi connectivity index (χ4n) is 3.66. The summed E-state index contributed by atoms with van der Waals surface area (Å²) in [6.45, 7) is 13.7. The molecule has 0 aromatic carbocycles. The highest BCUT2D eigenvalue weighted by atomic mass is 127. The maximum atomic E-state index is 12.6. The first-order valence-electron chi connectivity index (χ1n) is 10.7. The Morgan fingerprint density at radius 2 is 1.53 bits per heavy atom. The van der Waals surface area contributed by atoms with E-state index in [1.807, 2.05) is 32.6 Å². The molecule has 10 heteroatoms. The van der Waals surface area contributed by atoms with Crippen LogP contribution in [0.1, 0.15) is 40.5 Å². The number of aliphatic imine (C=N–C) groups is 1. The lowest BCUT2D eigenvalue weighted by Gasteiger charge is -2.39. The summed E-state index contributed by atoms with van der Waals surface area (Å²) in [5, 5.41) is 6.02. The third-order valence-corrected chi connectivity index (χ3v) is 5.22. The van der Waals surface area contributed by atoms with Crippen molar-refractivity contribution >= 4 is 41.9 Å². The SMILES string of the molecule is CN=C(NCCNC(=O)OC(C)(C)C)N1CCN(C(C)C(=O)N2CCCC2)CC1.I.